The van der Waals surface area contributed by atoms with E-state index in [9.17, 15) is 4.79 Å². The van der Waals surface area contributed by atoms with Gasteiger partial charge in [-0.2, -0.15) is 0 Å². The van der Waals surface area contributed by atoms with Gasteiger partial charge in [0.25, 0.3) is 0 Å². The largest absolute Gasteiger partial charge is 0.302 e. The number of rotatable bonds is 5. The fourth-order valence-electron chi connectivity index (χ4n) is 2.72. The van der Waals surface area contributed by atoms with Gasteiger partial charge in [0.15, 0.2) is 5.13 Å². The Kier molecular flexibility index (Phi) is 5.27. The minimum absolute atomic E-state index is 0.105. The first kappa shape index (κ1) is 18.5. The van der Waals surface area contributed by atoms with Gasteiger partial charge in [0.1, 0.15) is 6.33 Å². The summed E-state index contributed by atoms with van der Waals surface area (Å²) in [6, 6.07) is 15.5. The number of hydrogen-bond donors (Lipinski definition) is 1. The Morgan fingerprint density at radius 3 is 2.57 bits per heavy atom. The summed E-state index contributed by atoms with van der Waals surface area (Å²) < 4.78 is 2.58. The van der Waals surface area contributed by atoms with Crippen molar-refractivity contribution in [2.24, 2.45) is 0 Å². The highest BCUT2D eigenvalue weighted by Gasteiger charge is 2.12. The molecule has 0 bridgehead atoms. The highest BCUT2D eigenvalue weighted by Crippen LogP contribution is 2.31. The molecule has 4 aromatic rings. The summed E-state index contributed by atoms with van der Waals surface area (Å²) in [7, 11) is 0. The molecule has 0 aliphatic heterocycles. The maximum absolute atomic E-state index is 12.4. The molecule has 0 aliphatic carbocycles. The summed E-state index contributed by atoms with van der Waals surface area (Å²) in [5, 5.41) is 14.6. The second kappa shape index (κ2) is 7.99. The SMILES string of the molecule is Cc1sc(NC(=O)Cc2ccc(-n3cnnn3)cc2)nc1-c1ccc(Br)cc1. The van der Waals surface area contributed by atoms with Gasteiger partial charge in [0.05, 0.1) is 17.8 Å². The van der Waals surface area contributed by atoms with Crippen LogP contribution in [0.1, 0.15) is 10.4 Å². The molecule has 0 unspecified atom stereocenters. The third kappa shape index (κ3) is 4.15. The molecule has 28 heavy (non-hydrogen) atoms. The molecule has 4 rings (SSSR count). The third-order valence-corrected chi connectivity index (χ3v) is 5.49. The summed E-state index contributed by atoms with van der Waals surface area (Å²) in [6.45, 7) is 2.00. The number of halogens is 1. The molecule has 0 saturated heterocycles. The van der Waals surface area contributed by atoms with Gasteiger partial charge < -0.3 is 5.32 Å². The fourth-order valence-corrected chi connectivity index (χ4v) is 3.84. The van der Waals surface area contributed by atoms with E-state index in [2.05, 4.69) is 41.8 Å². The van der Waals surface area contributed by atoms with Crippen LogP contribution in [0.15, 0.2) is 59.3 Å². The molecule has 2 aromatic carbocycles. The molecule has 7 nitrogen and oxygen atoms in total. The van der Waals surface area contributed by atoms with E-state index < -0.39 is 0 Å². The summed E-state index contributed by atoms with van der Waals surface area (Å²) >= 11 is 4.91. The quantitative estimate of drug-likeness (QED) is 0.491. The topological polar surface area (TPSA) is 85.6 Å². The zero-order valence-corrected chi connectivity index (χ0v) is 17.2. The number of nitrogens with zero attached hydrogens (tertiary/aromatic N) is 5. The number of thiazole rings is 1. The Bertz CT molecular complexity index is 1090. The van der Waals surface area contributed by atoms with E-state index >= 15 is 0 Å². The molecule has 0 radical (unpaired) electrons. The molecule has 2 heterocycles. The zero-order chi connectivity index (χ0) is 19.5. The summed E-state index contributed by atoms with van der Waals surface area (Å²) in [6.07, 6.45) is 1.79. The van der Waals surface area contributed by atoms with Crippen molar-refractivity contribution in [1.29, 1.82) is 0 Å². The van der Waals surface area contributed by atoms with Gasteiger partial charge in [-0.1, -0.05) is 40.2 Å². The van der Waals surface area contributed by atoms with Crippen LogP contribution < -0.4 is 5.32 Å². The van der Waals surface area contributed by atoms with E-state index in [1.54, 1.807) is 4.68 Å². The third-order valence-electron chi connectivity index (χ3n) is 4.08. The van der Waals surface area contributed by atoms with Crippen molar-refractivity contribution >= 4 is 38.3 Å². The maximum Gasteiger partial charge on any atom is 0.230 e. The number of hydrogen-bond acceptors (Lipinski definition) is 6. The monoisotopic (exact) mass is 454 g/mol. The van der Waals surface area contributed by atoms with Crippen LogP contribution in [-0.4, -0.2) is 31.1 Å². The number of nitrogens with one attached hydrogen (secondary N) is 1. The van der Waals surface area contributed by atoms with E-state index in [4.69, 9.17) is 0 Å². The first-order chi connectivity index (χ1) is 13.6. The van der Waals surface area contributed by atoms with Gasteiger partial charge in [0.2, 0.25) is 5.91 Å². The molecular formula is C19H15BrN6OS. The van der Waals surface area contributed by atoms with Gasteiger partial charge in [-0.25, -0.2) is 9.67 Å². The van der Waals surface area contributed by atoms with E-state index in [1.807, 2.05) is 55.5 Å². The Labute approximate surface area is 173 Å². The highest BCUT2D eigenvalue weighted by atomic mass is 79.9. The van der Waals surface area contributed by atoms with Crippen LogP contribution in [-0.2, 0) is 11.2 Å². The van der Waals surface area contributed by atoms with Gasteiger partial charge in [-0.3, -0.25) is 4.79 Å². The van der Waals surface area contributed by atoms with Crippen molar-refractivity contribution in [1.82, 2.24) is 25.2 Å². The van der Waals surface area contributed by atoms with Crippen LogP contribution >= 0.6 is 27.3 Å². The molecule has 0 spiro atoms. The second-order valence-corrected chi connectivity index (χ2v) is 8.20. The molecule has 0 saturated carbocycles. The average Bonchev–Trinajstić information content (AvgIpc) is 3.33. The van der Waals surface area contributed by atoms with E-state index in [1.165, 1.54) is 17.7 Å². The van der Waals surface area contributed by atoms with Crippen LogP contribution in [0.5, 0.6) is 0 Å². The smallest absolute Gasteiger partial charge is 0.230 e. The van der Waals surface area contributed by atoms with Crippen LogP contribution in [0, 0.1) is 6.92 Å². The van der Waals surface area contributed by atoms with Crippen molar-refractivity contribution in [2.45, 2.75) is 13.3 Å². The predicted octanol–water partition coefficient (Wildman–Crippen LogP) is 4.04. The average molecular weight is 455 g/mol. The number of tetrazole rings is 1. The summed E-state index contributed by atoms with van der Waals surface area (Å²) in [5.41, 5.74) is 3.65. The predicted molar refractivity (Wildman–Crippen MR) is 111 cm³/mol. The lowest BCUT2D eigenvalue weighted by Crippen LogP contribution is -2.14. The number of anilines is 1. The molecular weight excluding hydrogens is 440 g/mol. The Morgan fingerprint density at radius 1 is 1.14 bits per heavy atom. The Hall–Kier alpha value is -2.91. The van der Waals surface area contributed by atoms with Crippen molar-refractivity contribution in [2.75, 3.05) is 5.32 Å². The Balaban J connectivity index is 1.42. The number of amides is 1. The molecule has 0 fully saturated rings. The summed E-state index contributed by atoms with van der Waals surface area (Å²) in [5.74, 6) is -0.105. The molecule has 2 aromatic heterocycles. The molecule has 1 N–H and O–H groups in total. The van der Waals surface area contributed by atoms with Crippen LogP contribution in [0.3, 0.4) is 0 Å². The van der Waals surface area contributed by atoms with Crippen molar-refractivity contribution in [3.05, 3.63) is 69.8 Å². The van der Waals surface area contributed by atoms with E-state index in [-0.39, 0.29) is 12.3 Å². The van der Waals surface area contributed by atoms with Gasteiger partial charge >= 0.3 is 0 Å². The molecule has 9 heteroatoms. The van der Waals surface area contributed by atoms with Gasteiger partial charge in [0, 0.05) is 14.9 Å². The van der Waals surface area contributed by atoms with Gasteiger partial charge in [-0.05, 0) is 47.2 Å². The fraction of sp³-hybridized carbons (Fsp3) is 0.105. The molecule has 0 aliphatic rings. The second-order valence-electron chi connectivity index (χ2n) is 6.08. The van der Waals surface area contributed by atoms with E-state index in [0.29, 0.717) is 5.13 Å². The number of benzene rings is 2. The van der Waals surface area contributed by atoms with Crippen LogP contribution in [0.4, 0.5) is 5.13 Å². The first-order valence-electron chi connectivity index (χ1n) is 8.44. The molecule has 140 valence electrons. The summed E-state index contributed by atoms with van der Waals surface area (Å²) in [4.78, 5) is 18.1. The number of aryl methyl sites for hydroxylation is 1. The maximum atomic E-state index is 12.4. The van der Waals surface area contributed by atoms with Crippen LogP contribution in [0.2, 0.25) is 0 Å². The number of aromatic nitrogens is 5. The lowest BCUT2D eigenvalue weighted by molar-refractivity contribution is -0.115. The van der Waals surface area contributed by atoms with Crippen molar-refractivity contribution < 1.29 is 4.79 Å². The first-order valence-corrected chi connectivity index (χ1v) is 10.0. The normalized spacial score (nSPS) is 10.8. The molecule has 0 atom stereocenters. The zero-order valence-electron chi connectivity index (χ0n) is 14.8. The van der Waals surface area contributed by atoms with Crippen molar-refractivity contribution in [3.63, 3.8) is 0 Å². The highest BCUT2D eigenvalue weighted by molar-refractivity contribution is 9.10. The van der Waals surface area contributed by atoms with Crippen LogP contribution in [0.25, 0.3) is 16.9 Å². The minimum Gasteiger partial charge on any atom is -0.302 e. The van der Waals surface area contributed by atoms with Crippen molar-refractivity contribution in [3.8, 4) is 16.9 Å². The number of carbonyl (C=O) groups is 1. The standard InChI is InChI=1S/C19H15BrN6OS/c1-12-18(14-4-6-15(20)7-5-14)23-19(28-12)22-17(27)10-13-2-8-16(9-3-13)26-11-21-24-25-26/h2-9,11H,10H2,1H3,(H,22,23,27). The lowest BCUT2D eigenvalue weighted by Gasteiger charge is -2.04. The lowest BCUT2D eigenvalue weighted by atomic mass is 10.1. The van der Waals surface area contributed by atoms with E-state index in [0.717, 1.165) is 31.9 Å². The van der Waals surface area contributed by atoms with Gasteiger partial charge in [-0.15, -0.1) is 16.4 Å². The molecule has 1 amide bonds. The number of carbonyl (C=O) groups excluding carboxylic acids is 1. The Morgan fingerprint density at radius 2 is 1.89 bits per heavy atom. The minimum atomic E-state index is -0.105.